The Balaban J connectivity index is 1.44. The standard InChI is InChI=1S/C23H26F3N5/c1-29-11-12-30(15-19(29)17-5-3-2-4-6-17)14-18-9-10-31-20(13-16-7-8-16)27-28-22(31)21(18)23(24,25)26/h2-6,9-10,16,19H,7-8,11-15H2,1H3. The zero-order chi connectivity index (χ0) is 21.6. The fourth-order valence-electron chi connectivity index (χ4n) is 4.55. The molecule has 1 saturated heterocycles. The Morgan fingerprint density at radius 3 is 2.52 bits per heavy atom. The second kappa shape index (κ2) is 7.91. The van der Waals surface area contributed by atoms with E-state index in [9.17, 15) is 13.2 Å². The summed E-state index contributed by atoms with van der Waals surface area (Å²) in [5.41, 5.74) is 0.722. The number of likely N-dealkylation sites (N-methyl/N-ethyl adjacent to an activating group) is 1. The Kier molecular flexibility index (Phi) is 5.22. The molecule has 0 bridgehead atoms. The van der Waals surface area contributed by atoms with Crippen molar-refractivity contribution in [2.75, 3.05) is 26.7 Å². The summed E-state index contributed by atoms with van der Waals surface area (Å²) in [7, 11) is 2.07. The molecular formula is C23H26F3N5. The topological polar surface area (TPSA) is 36.7 Å². The first-order valence-electron chi connectivity index (χ1n) is 10.8. The lowest BCUT2D eigenvalue weighted by atomic mass is 10.0. The van der Waals surface area contributed by atoms with Gasteiger partial charge in [-0.15, -0.1) is 10.2 Å². The Hall–Kier alpha value is -2.45. The number of benzene rings is 1. The molecular weight excluding hydrogens is 403 g/mol. The molecule has 8 heteroatoms. The molecule has 31 heavy (non-hydrogen) atoms. The van der Waals surface area contributed by atoms with Crippen LogP contribution >= 0.6 is 0 Å². The van der Waals surface area contributed by atoms with Gasteiger partial charge >= 0.3 is 6.18 Å². The van der Waals surface area contributed by atoms with Gasteiger partial charge in [0, 0.05) is 44.8 Å². The number of nitrogens with zero attached hydrogens (tertiary/aromatic N) is 5. The van der Waals surface area contributed by atoms with E-state index in [1.54, 1.807) is 12.3 Å². The number of piperazine rings is 1. The third kappa shape index (κ3) is 4.19. The molecule has 2 aromatic heterocycles. The first kappa shape index (κ1) is 20.5. The summed E-state index contributed by atoms with van der Waals surface area (Å²) in [6, 6.07) is 11.9. The number of pyridine rings is 1. The fraction of sp³-hybridized carbons (Fsp3) is 0.478. The van der Waals surface area contributed by atoms with Crippen LogP contribution in [0.5, 0.6) is 0 Å². The van der Waals surface area contributed by atoms with Crippen LogP contribution in [0.15, 0.2) is 42.6 Å². The molecule has 1 aromatic carbocycles. The van der Waals surface area contributed by atoms with Crippen LogP contribution in [0.25, 0.3) is 5.65 Å². The zero-order valence-electron chi connectivity index (χ0n) is 17.5. The number of aromatic nitrogens is 3. The molecule has 0 spiro atoms. The van der Waals surface area contributed by atoms with Gasteiger partial charge in [0.25, 0.3) is 0 Å². The van der Waals surface area contributed by atoms with Gasteiger partial charge in [0.15, 0.2) is 5.65 Å². The molecule has 1 unspecified atom stereocenters. The summed E-state index contributed by atoms with van der Waals surface area (Å²) in [6.45, 7) is 2.46. The maximum Gasteiger partial charge on any atom is 0.420 e. The molecule has 1 saturated carbocycles. The number of rotatable bonds is 5. The van der Waals surface area contributed by atoms with Gasteiger partial charge in [-0.1, -0.05) is 30.3 Å². The SMILES string of the molecule is CN1CCN(Cc2ccn3c(CC4CC4)nnc3c2C(F)(F)F)CC1c1ccccc1. The van der Waals surface area contributed by atoms with E-state index in [1.165, 1.54) is 9.96 Å². The zero-order valence-corrected chi connectivity index (χ0v) is 17.5. The van der Waals surface area contributed by atoms with Crippen LogP contribution < -0.4 is 0 Å². The van der Waals surface area contributed by atoms with E-state index in [4.69, 9.17) is 0 Å². The van der Waals surface area contributed by atoms with Crippen LogP contribution in [-0.4, -0.2) is 51.1 Å². The van der Waals surface area contributed by atoms with E-state index in [-0.39, 0.29) is 23.8 Å². The highest BCUT2D eigenvalue weighted by Crippen LogP contribution is 2.37. The molecule has 164 valence electrons. The van der Waals surface area contributed by atoms with E-state index in [2.05, 4.69) is 39.2 Å². The number of alkyl halides is 3. The third-order valence-corrected chi connectivity index (χ3v) is 6.50. The Labute approximate surface area is 179 Å². The van der Waals surface area contributed by atoms with Crippen molar-refractivity contribution >= 4 is 5.65 Å². The minimum Gasteiger partial charge on any atom is -0.297 e. The van der Waals surface area contributed by atoms with Crippen molar-refractivity contribution in [1.82, 2.24) is 24.4 Å². The second-order valence-electron chi connectivity index (χ2n) is 8.81. The van der Waals surface area contributed by atoms with Crippen LogP contribution in [0, 0.1) is 5.92 Å². The van der Waals surface area contributed by atoms with Crippen molar-refractivity contribution in [2.45, 2.75) is 38.0 Å². The summed E-state index contributed by atoms with van der Waals surface area (Å²) in [5.74, 6) is 1.15. The molecule has 1 atom stereocenters. The van der Waals surface area contributed by atoms with Crippen molar-refractivity contribution in [2.24, 2.45) is 5.92 Å². The van der Waals surface area contributed by atoms with Gasteiger partial charge in [-0.25, -0.2) is 0 Å². The molecule has 3 heterocycles. The van der Waals surface area contributed by atoms with Crippen LogP contribution in [-0.2, 0) is 19.1 Å². The second-order valence-corrected chi connectivity index (χ2v) is 8.81. The van der Waals surface area contributed by atoms with Gasteiger partial charge in [0.05, 0.1) is 0 Å². The van der Waals surface area contributed by atoms with E-state index in [1.807, 2.05) is 18.2 Å². The summed E-state index contributed by atoms with van der Waals surface area (Å²) in [5, 5.41) is 8.05. The molecule has 0 N–H and O–H groups in total. The van der Waals surface area contributed by atoms with Crippen LogP contribution in [0.3, 0.4) is 0 Å². The van der Waals surface area contributed by atoms with Crippen molar-refractivity contribution in [1.29, 1.82) is 0 Å². The Bertz CT molecular complexity index is 1060. The van der Waals surface area contributed by atoms with Crippen LogP contribution in [0.2, 0.25) is 0 Å². The van der Waals surface area contributed by atoms with E-state index >= 15 is 0 Å². The highest BCUT2D eigenvalue weighted by Gasteiger charge is 2.38. The lowest BCUT2D eigenvalue weighted by molar-refractivity contribution is -0.137. The van der Waals surface area contributed by atoms with Gasteiger partial charge in [-0.05, 0) is 43.0 Å². The molecule has 0 radical (unpaired) electrons. The molecule has 2 fully saturated rings. The normalized spacial score (nSPS) is 21.1. The van der Waals surface area contributed by atoms with Crippen LogP contribution in [0.4, 0.5) is 13.2 Å². The monoisotopic (exact) mass is 429 g/mol. The molecule has 5 nitrogen and oxygen atoms in total. The lowest BCUT2D eigenvalue weighted by Crippen LogP contribution is -2.46. The number of halogens is 3. The van der Waals surface area contributed by atoms with Crippen molar-refractivity contribution < 1.29 is 13.2 Å². The van der Waals surface area contributed by atoms with Crippen molar-refractivity contribution in [3.63, 3.8) is 0 Å². The minimum atomic E-state index is -4.48. The number of hydrogen-bond acceptors (Lipinski definition) is 4. The predicted octanol–water partition coefficient (Wildman–Crippen LogP) is 4.19. The molecule has 1 aliphatic heterocycles. The fourth-order valence-corrected chi connectivity index (χ4v) is 4.55. The quantitative estimate of drug-likeness (QED) is 0.610. The molecule has 5 rings (SSSR count). The smallest absolute Gasteiger partial charge is 0.297 e. The Morgan fingerprint density at radius 1 is 1.03 bits per heavy atom. The maximum absolute atomic E-state index is 14.1. The summed E-state index contributed by atoms with van der Waals surface area (Å²) in [4.78, 5) is 4.38. The molecule has 2 aliphatic rings. The predicted molar refractivity (Wildman–Crippen MR) is 112 cm³/mol. The lowest BCUT2D eigenvalue weighted by Gasteiger charge is -2.40. The minimum absolute atomic E-state index is 0.0746. The van der Waals surface area contributed by atoms with Gasteiger partial charge in [-0.2, -0.15) is 13.2 Å². The van der Waals surface area contributed by atoms with Crippen molar-refractivity contribution in [3.8, 4) is 0 Å². The highest BCUT2D eigenvalue weighted by molar-refractivity contribution is 5.53. The maximum atomic E-state index is 14.1. The average molecular weight is 429 g/mol. The van der Waals surface area contributed by atoms with E-state index < -0.39 is 11.7 Å². The number of fused-ring (bicyclic) bond motifs is 1. The molecule has 1 aliphatic carbocycles. The molecule has 0 amide bonds. The average Bonchev–Trinajstić information content (AvgIpc) is 3.48. The first-order chi connectivity index (χ1) is 14.9. The summed E-state index contributed by atoms with van der Waals surface area (Å²) >= 11 is 0. The van der Waals surface area contributed by atoms with E-state index in [0.29, 0.717) is 24.7 Å². The Morgan fingerprint density at radius 2 is 1.81 bits per heavy atom. The van der Waals surface area contributed by atoms with Crippen molar-refractivity contribution in [3.05, 3.63) is 65.1 Å². The van der Waals surface area contributed by atoms with Gasteiger partial charge in [0.2, 0.25) is 0 Å². The van der Waals surface area contributed by atoms with Gasteiger partial charge < -0.3 is 0 Å². The highest BCUT2D eigenvalue weighted by atomic mass is 19.4. The van der Waals surface area contributed by atoms with Gasteiger partial charge in [-0.3, -0.25) is 14.2 Å². The van der Waals surface area contributed by atoms with Gasteiger partial charge in [0.1, 0.15) is 11.4 Å². The third-order valence-electron chi connectivity index (χ3n) is 6.50. The molecule has 3 aromatic rings. The summed E-state index contributed by atoms with van der Waals surface area (Å²) < 4.78 is 43.9. The first-order valence-corrected chi connectivity index (χ1v) is 10.8. The van der Waals surface area contributed by atoms with Crippen LogP contribution in [0.1, 0.15) is 41.4 Å². The number of hydrogen-bond donors (Lipinski definition) is 0. The van der Waals surface area contributed by atoms with E-state index in [0.717, 1.165) is 25.9 Å². The largest absolute Gasteiger partial charge is 0.420 e. The summed E-state index contributed by atoms with van der Waals surface area (Å²) in [6.07, 6.45) is 0.154.